The monoisotopic (exact) mass is 389 g/mol. The second-order valence-electron chi connectivity index (χ2n) is 6.45. The summed E-state index contributed by atoms with van der Waals surface area (Å²) < 4.78 is 0. The predicted octanol–water partition coefficient (Wildman–Crippen LogP) is 3.38. The molecule has 144 valence electrons. The Balaban J connectivity index is 0.00000288. The van der Waals surface area contributed by atoms with E-state index in [-0.39, 0.29) is 36.6 Å². The van der Waals surface area contributed by atoms with Crippen molar-refractivity contribution in [2.75, 3.05) is 26.2 Å². The molecule has 1 amide bonds. The third-order valence-corrected chi connectivity index (χ3v) is 4.57. The summed E-state index contributed by atoms with van der Waals surface area (Å²) in [7, 11) is 0. The topological polar surface area (TPSA) is 44.4 Å². The van der Waals surface area contributed by atoms with E-state index in [1.807, 2.05) is 0 Å². The quantitative estimate of drug-likeness (QED) is 0.680. The Morgan fingerprint density at radius 3 is 2.68 bits per heavy atom. The van der Waals surface area contributed by atoms with Crippen LogP contribution in [0, 0.1) is 5.92 Å². The van der Waals surface area contributed by atoms with Gasteiger partial charge in [0.05, 0.1) is 5.92 Å². The van der Waals surface area contributed by atoms with Gasteiger partial charge < -0.3 is 10.6 Å². The number of hydrogen-bond acceptors (Lipinski definition) is 3. The Morgan fingerprint density at radius 1 is 1.28 bits per heavy atom. The Bertz CT molecular complexity index is 493. The molecule has 1 saturated heterocycles. The first kappa shape index (κ1) is 24.2. The van der Waals surface area contributed by atoms with Crippen LogP contribution in [0.15, 0.2) is 24.3 Å². The summed E-state index contributed by atoms with van der Waals surface area (Å²) in [4.78, 5) is 14.6. The van der Waals surface area contributed by atoms with Gasteiger partial charge in [0.1, 0.15) is 0 Å². The van der Waals surface area contributed by atoms with Gasteiger partial charge in [-0.1, -0.05) is 44.5 Å². The first-order valence-electron chi connectivity index (χ1n) is 9.01. The fourth-order valence-electron chi connectivity index (χ4n) is 3.04. The molecule has 1 aromatic carbocycles. The van der Waals surface area contributed by atoms with Crippen LogP contribution >= 0.6 is 24.8 Å². The van der Waals surface area contributed by atoms with E-state index in [2.05, 4.69) is 53.6 Å². The van der Waals surface area contributed by atoms with E-state index in [1.165, 1.54) is 24.0 Å². The number of benzene rings is 1. The highest BCUT2D eigenvalue weighted by atomic mass is 35.5. The number of rotatable bonds is 9. The second kappa shape index (κ2) is 13.4. The molecule has 2 rings (SSSR count). The summed E-state index contributed by atoms with van der Waals surface area (Å²) in [6, 6.07) is 8.60. The van der Waals surface area contributed by atoms with Crippen LogP contribution in [0.25, 0.3) is 0 Å². The van der Waals surface area contributed by atoms with Crippen LogP contribution in [-0.2, 0) is 17.9 Å². The number of nitrogens with one attached hydrogen (secondary N) is 2. The molecule has 1 aliphatic heterocycles. The zero-order valence-corrected chi connectivity index (χ0v) is 17.1. The second-order valence-corrected chi connectivity index (χ2v) is 6.45. The summed E-state index contributed by atoms with van der Waals surface area (Å²) in [5.74, 6) is 0.321. The van der Waals surface area contributed by atoms with E-state index >= 15 is 0 Å². The number of hydrogen-bond donors (Lipinski definition) is 2. The van der Waals surface area contributed by atoms with Crippen LogP contribution < -0.4 is 10.6 Å². The fourth-order valence-corrected chi connectivity index (χ4v) is 3.04. The lowest BCUT2D eigenvalue weighted by Crippen LogP contribution is -2.31. The number of unbranched alkanes of at least 4 members (excludes halogenated alkanes) is 1. The maximum Gasteiger partial charge on any atom is 0.224 e. The molecule has 6 heteroatoms. The smallest absolute Gasteiger partial charge is 0.224 e. The lowest BCUT2D eigenvalue weighted by Gasteiger charge is -2.20. The van der Waals surface area contributed by atoms with Gasteiger partial charge in [0, 0.05) is 19.6 Å². The van der Waals surface area contributed by atoms with E-state index in [0.717, 1.165) is 39.1 Å². The van der Waals surface area contributed by atoms with Crippen LogP contribution in [0.2, 0.25) is 0 Å². The lowest BCUT2D eigenvalue weighted by atomic mass is 10.1. The normalized spacial score (nSPS) is 16.2. The minimum absolute atomic E-state index is 0. The molecule has 0 spiro atoms. The maximum absolute atomic E-state index is 12.1. The van der Waals surface area contributed by atoms with E-state index in [1.54, 1.807) is 0 Å². The Morgan fingerprint density at radius 2 is 2.04 bits per heavy atom. The molecule has 1 unspecified atom stereocenters. The van der Waals surface area contributed by atoms with E-state index in [4.69, 9.17) is 0 Å². The molecule has 0 aromatic heterocycles. The van der Waals surface area contributed by atoms with Crippen molar-refractivity contribution >= 4 is 30.7 Å². The number of amides is 1. The van der Waals surface area contributed by atoms with Gasteiger partial charge in [-0.25, -0.2) is 0 Å². The number of halogens is 2. The van der Waals surface area contributed by atoms with Gasteiger partial charge in [0.25, 0.3) is 0 Å². The minimum Gasteiger partial charge on any atom is -0.352 e. The molecule has 1 fully saturated rings. The molecular formula is C19H33Cl2N3O. The molecule has 1 aliphatic rings. The van der Waals surface area contributed by atoms with Crippen LogP contribution in [0.3, 0.4) is 0 Å². The van der Waals surface area contributed by atoms with Crippen molar-refractivity contribution in [2.45, 2.75) is 46.2 Å². The molecule has 0 bridgehead atoms. The van der Waals surface area contributed by atoms with Gasteiger partial charge in [-0.3, -0.25) is 9.69 Å². The van der Waals surface area contributed by atoms with Gasteiger partial charge in [-0.15, -0.1) is 24.8 Å². The maximum atomic E-state index is 12.1. The van der Waals surface area contributed by atoms with Crippen molar-refractivity contribution < 1.29 is 4.79 Å². The predicted molar refractivity (Wildman–Crippen MR) is 110 cm³/mol. The minimum atomic E-state index is 0. The van der Waals surface area contributed by atoms with Crippen molar-refractivity contribution in [2.24, 2.45) is 5.92 Å². The molecule has 0 aliphatic carbocycles. The highest BCUT2D eigenvalue weighted by Crippen LogP contribution is 2.11. The average Bonchev–Trinajstić information content (AvgIpc) is 3.11. The first-order valence-corrected chi connectivity index (χ1v) is 9.01. The van der Waals surface area contributed by atoms with Crippen molar-refractivity contribution in [3.8, 4) is 0 Å². The first-order chi connectivity index (χ1) is 11.2. The van der Waals surface area contributed by atoms with Gasteiger partial charge in [0.2, 0.25) is 5.91 Å². The molecule has 25 heavy (non-hydrogen) atoms. The van der Waals surface area contributed by atoms with Crippen molar-refractivity contribution in [3.05, 3.63) is 35.4 Å². The van der Waals surface area contributed by atoms with E-state index < -0.39 is 0 Å². The van der Waals surface area contributed by atoms with Crippen molar-refractivity contribution in [1.29, 1.82) is 0 Å². The number of nitrogens with zero attached hydrogens (tertiary/aromatic N) is 1. The van der Waals surface area contributed by atoms with Crippen LogP contribution in [0.5, 0.6) is 0 Å². The zero-order valence-electron chi connectivity index (χ0n) is 15.4. The summed E-state index contributed by atoms with van der Waals surface area (Å²) in [6.45, 7) is 10.1. The molecule has 2 N–H and O–H groups in total. The molecule has 4 nitrogen and oxygen atoms in total. The Kier molecular flexibility index (Phi) is 13.0. The Hall–Kier alpha value is -0.810. The average molecular weight is 390 g/mol. The third kappa shape index (κ3) is 8.41. The van der Waals surface area contributed by atoms with Crippen molar-refractivity contribution in [3.63, 3.8) is 0 Å². The van der Waals surface area contributed by atoms with Crippen LogP contribution in [0.4, 0.5) is 0 Å². The molecule has 0 saturated carbocycles. The van der Waals surface area contributed by atoms with Crippen LogP contribution in [-0.4, -0.2) is 37.0 Å². The number of carbonyl (C=O) groups excluding carboxylic acids is 1. The van der Waals surface area contributed by atoms with E-state index in [9.17, 15) is 4.79 Å². The van der Waals surface area contributed by atoms with Gasteiger partial charge in [-0.05, 0) is 43.6 Å². The molecular weight excluding hydrogens is 357 g/mol. The SMILES string of the molecule is CCCCN(CC)Cc1cccc(CNC(=O)C2CCNC2)c1.Cl.Cl. The van der Waals surface area contributed by atoms with Gasteiger partial charge in [0.15, 0.2) is 0 Å². The van der Waals surface area contributed by atoms with E-state index in [0.29, 0.717) is 6.54 Å². The molecule has 1 aromatic rings. The summed E-state index contributed by atoms with van der Waals surface area (Å²) >= 11 is 0. The highest BCUT2D eigenvalue weighted by Gasteiger charge is 2.21. The number of carbonyl (C=O) groups is 1. The highest BCUT2D eigenvalue weighted by molar-refractivity contribution is 5.85. The lowest BCUT2D eigenvalue weighted by molar-refractivity contribution is -0.124. The summed E-state index contributed by atoms with van der Waals surface area (Å²) in [6.07, 6.45) is 3.44. The molecule has 0 radical (unpaired) electrons. The molecule has 1 atom stereocenters. The zero-order chi connectivity index (χ0) is 16.5. The van der Waals surface area contributed by atoms with Gasteiger partial charge >= 0.3 is 0 Å². The standard InChI is InChI=1S/C19H31N3O.2ClH/c1-3-5-11-22(4-2)15-17-8-6-7-16(12-17)13-21-19(23)18-9-10-20-14-18;;/h6-8,12,18,20H,3-5,9-11,13-15H2,1-2H3,(H,21,23);2*1H. The van der Waals surface area contributed by atoms with Gasteiger partial charge in [-0.2, -0.15) is 0 Å². The summed E-state index contributed by atoms with van der Waals surface area (Å²) in [5.41, 5.74) is 2.52. The van der Waals surface area contributed by atoms with Crippen LogP contribution in [0.1, 0.15) is 44.2 Å². The van der Waals surface area contributed by atoms with Crippen molar-refractivity contribution in [1.82, 2.24) is 15.5 Å². The summed E-state index contributed by atoms with van der Waals surface area (Å²) in [5, 5.41) is 6.32. The Labute approximate surface area is 164 Å². The third-order valence-electron chi connectivity index (χ3n) is 4.57. The largest absolute Gasteiger partial charge is 0.352 e. The fraction of sp³-hybridized carbons (Fsp3) is 0.632. The molecule has 1 heterocycles.